The van der Waals surface area contributed by atoms with Gasteiger partial charge in [0.15, 0.2) is 0 Å². The normalized spacial score (nSPS) is 11.6. The van der Waals surface area contributed by atoms with Crippen LogP contribution in [0.2, 0.25) is 0 Å². The predicted octanol–water partition coefficient (Wildman–Crippen LogP) is 2.28. The Labute approximate surface area is 109 Å². The second kappa shape index (κ2) is 6.62. The van der Waals surface area contributed by atoms with Crippen molar-refractivity contribution >= 4 is 24.0 Å². The van der Waals surface area contributed by atoms with Gasteiger partial charge in [-0.2, -0.15) is 0 Å². The predicted molar refractivity (Wildman–Crippen MR) is 74.8 cm³/mol. The molecule has 1 rings (SSSR count). The van der Waals surface area contributed by atoms with Crippen LogP contribution in [0.15, 0.2) is 18.2 Å². The molecule has 17 heavy (non-hydrogen) atoms. The third-order valence-corrected chi connectivity index (χ3v) is 2.98. The van der Waals surface area contributed by atoms with Crippen molar-refractivity contribution in [3.63, 3.8) is 0 Å². The van der Waals surface area contributed by atoms with Crippen LogP contribution in [0.4, 0.5) is 5.69 Å². The summed E-state index contributed by atoms with van der Waals surface area (Å²) in [4.78, 5) is 13.6. The topological polar surface area (TPSA) is 46.3 Å². The summed E-state index contributed by atoms with van der Waals surface area (Å²) in [6.45, 7) is 6.33. The van der Waals surface area contributed by atoms with Gasteiger partial charge in [-0.15, -0.1) is 12.4 Å². The molecule has 0 fully saturated rings. The van der Waals surface area contributed by atoms with Gasteiger partial charge in [0, 0.05) is 25.2 Å². The maximum absolute atomic E-state index is 11.9. The molecule has 0 saturated carbocycles. The zero-order valence-corrected chi connectivity index (χ0v) is 11.7. The van der Waals surface area contributed by atoms with Crippen molar-refractivity contribution in [2.24, 2.45) is 11.7 Å². The average Bonchev–Trinajstić information content (AvgIpc) is 2.29. The van der Waals surface area contributed by atoms with Crippen LogP contribution in [0.5, 0.6) is 0 Å². The summed E-state index contributed by atoms with van der Waals surface area (Å²) < 4.78 is 0. The fraction of sp³-hybridized carbons (Fsp3) is 0.462. The van der Waals surface area contributed by atoms with Crippen molar-refractivity contribution in [1.82, 2.24) is 0 Å². The molecule has 1 amide bonds. The zero-order chi connectivity index (χ0) is 12.3. The van der Waals surface area contributed by atoms with E-state index in [1.165, 1.54) is 11.1 Å². The second-order valence-electron chi connectivity index (χ2n) is 4.30. The Morgan fingerprint density at radius 2 is 1.94 bits per heavy atom. The highest BCUT2D eigenvalue weighted by Crippen LogP contribution is 2.19. The third kappa shape index (κ3) is 3.72. The van der Waals surface area contributed by atoms with E-state index < -0.39 is 0 Å². The first-order chi connectivity index (χ1) is 7.47. The molecule has 4 heteroatoms. The number of benzene rings is 1. The molecular formula is C13H21ClN2O. The molecule has 1 atom stereocenters. The summed E-state index contributed by atoms with van der Waals surface area (Å²) in [5, 5.41) is 0. The highest BCUT2D eigenvalue weighted by Gasteiger charge is 2.17. The minimum Gasteiger partial charge on any atom is -0.330 e. The van der Waals surface area contributed by atoms with E-state index in [0.717, 1.165) is 5.69 Å². The van der Waals surface area contributed by atoms with E-state index in [1.807, 2.05) is 32.0 Å². The van der Waals surface area contributed by atoms with Crippen LogP contribution in [0.3, 0.4) is 0 Å². The molecule has 0 aliphatic rings. The van der Waals surface area contributed by atoms with Crippen LogP contribution < -0.4 is 10.6 Å². The lowest BCUT2D eigenvalue weighted by Gasteiger charge is -2.21. The molecule has 96 valence electrons. The van der Waals surface area contributed by atoms with Crippen molar-refractivity contribution in [3.8, 4) is 0 Å². The smallest absolute Gasteiger partial charge is 0.230 e. The third-order valence-electron chi connectivity index (χ3n) is 2.98. The van der Waals surface area contributed by atoms with Crippen LogP contribution in [-0.2, 0) is 4.79 Å². The van der Waals surface area contributed by atoms with Crippen LogP contribution >= 0.6 is 12.4 Å². The molecule has 0 radical (unpaired) electrons. The minimum absolute atomic E-state index is 0. The molecule has 0 aliphatic heterocycles. The number of hydrogen-bond acceptors (Lipinski definition) is 2. The summed E-state index contributed by atoms with van der Waals surface area (Å²) >= 11 is 0. The number of rotatable bonds is 3. The SMILES string of the molecule is Cc1ccc(N(C)C(=O)C(C)CN)cc1C.Cl. The van der Waals surface area contributed by atoms with Gasteiger partial charge in [-0.3, -0.25) is 4.79 Å². The molecule has 1 aromatic rings. The molecule has 2 N–H and O–H groups in total. The zero-order valence-electron chi connectivity index (χ0n) is 10.9. The highest BCUT2D eigenvalue weighted by atomic mass is 35.5. The number of hydrogen-bond donors (Lipinski definition) is 1. The number of nitrogens with zero attached hydrogens (tertiary/aromatic N) is 1. The van der Waals surface area contributed by atoms with Crippen molar-refractivity contribution in [2.45, 2.75) is 20.8 Å². The van der Waals surface area contributed by atoms with Crippen molar-refractivity contribution < 1.29 is 4.79 Å². The molecule has 0 bridgehead atoms. The Morgan fingerprint density at radius 3 is 2.41 bits per heavy atom. The number of carbonyl (C=O) groups excluding carboxylic acids is 1. The van der Waals surface area contributed by atoms with E-state index >= 15 is 0 Å². The van der Waals surface area contributed by atoms with Gasteiger partial charge in [-0.25, -0.2) is 0 Å². The van der Waals surface area contributed by atoms with Gasteiger partial charge >= 0.3 is 0 Å². The quantitative estimate of drug-likeness (QED) is 0.902. The summed E-state index contributed by atoms with van der Waals surface area (Å²) in [6.07, 6.45) is 0. The second-order valence-corrected chi connectivity index (χ2v) is 4.30. The van der Waals surface area contributed by atoms with Gasteiger partial charge in [0.1, 0.15) is 0 Å². The molecule has 1 aromatic carbocycles. The molecule has 3 nitrogen and oxygen atoms in total. The lowest BCUT2D eigenvalue weighted by molar-refractivity contribution is -0.121. The number of aryl methyl sites for hydroxylation is 2. The molecule has 1 unspecified atom stereocenters. The summed E-state index contributed by atoms with van der Waals surface area (Å²) in [6, 6.07) is 6.02. The van der Waals surface area contributed by atoms with Gasteiger partial charge in [0.05, 0.1) is 0 Å². The van der Waals surface area contributed by atoms with E-state index in [1.54, 1.807) is 11.9 Å². The van der Waals surface area contributed by atoms with Crippen LogP contribution in [-0.4, -0.2) is 19.5 Å². The Hall–Kier alpha value is -1.06. The van der Waals surface area contributed by atoms with E-state index in [9.17, 15) is 4.79 Å². The summed E-state index contributed by atoms with van der Waals surface area (Å²) in [5.74, 6) is -0.0719. The number of anilines is 1. The van der Waals surface area contributed by atoms with Gasteiger partial charge in [-0.1, -0.05) is 13.0 Å². The monoisotopic (exact) mass is 256 g/mol. The first-order valence-electron chi connectivity index (χ1n) is 5.52. The van der Waals surface area contributed by atoms with Crippen molar-refractivity contribution in [1.29, 1.82) is 0 Å². The Morgan fingerprint density at radius 1 is 1.35 bits per heavy atom. The van der Waals surface area contributed by atoms with Crippen LogP contribution in [0.25, 0.3) is 0 Å². The molecular weight excluding hydrogens is 236 g/mol. The van der Waals surface area contributed by atoms with Crippen LogP contribution in [0, 0.1) is 19.8 Å². The van der Waals surface area contributed by atoms with Gasteiger partial charge in [0.25, 0.3) is 0 Å². The number of amides is 1. The Bertz CT molecular complexity index is 393. The molecule has 0 spiro atoms. The molecule has 0 saturated heterocycles. The first kappa shape index (κ1) is 15.9. The van der Waals surface area contributed by atoms with Crippen molar-refractivity contribution in [2.75, 3.05) is 18.5 Å². The van der Waals surface area contributed by atoms with E-state index in [4.69, 9.17) is 5.73 Å². The average molecular weight is 257 g/mol. The van der Waals surface area contributed by atoms with Crippen molar-refractivity contribution in [3.05, 3.63) is 29.3 Å². The minimum atomic E-state index is -0.133. The molecule has 0 aromatic heterocycles. The summed E-state index contributed by atoms with van der Waals surface area (Å²) in [7, 11) is 1.79. The number of carbonyl (C=O) groups is 1. The largest absolute Gasteiger partial charge is 0.330 e. The standard InChI is InChI=1S/C13H20N2O.ClH/c1-9-5-6-12(7-10(9)2)15(4)13(16)11(3)8-14;/h5-7,11H,8,14H2,1-4H3;1H. The number of halogens is 1. The highest BCUT2D eigenvalue weighted by molar-refractivity contribution is 5.94. The Kier molecular flexibility index (Phi) is 6.21. The fourth-order valence-electron chi connectivity index (χ4n) is 1.49. The van der Waals surface area contributed by atoms with E-state index in [2.05, 4.69) is 6.92 Å². The van der Waals surface area contributed by atoms with E-state index in [0.29, 0.717) is 6.54 Å². The maximum atomic E-state index is 11.9. The maximum Gasteiger partial charge on any atom is 0.230 e. The van der Waals surface area contributed by atoms with Gasteiger partial charge in [-0.05, 0) is 37.1 Å². The van der Waals surface area contributed by atoms with Crippen LogP contribution in [0.1, 0.15) is 18.1 Å². The molecule has 0 heterocycles. The summed E-state index contributed by atoms with van der Waals surface area (Å²) in [5.41, 5.74) is 8.84. The lowest BCUT2D eigenvalue weighted by atomic mass is 10.1. The van der Waals surface area contributed by atoms with E-state index in [-0.39, 0.29) is 24.2 Å². The number of nitrogens with two attached hydrogens (primary N) is 1. The van der Waals surface area contributed by atoms with Gasteiger partial charge in [0.2, 0.25) is 5.91 Å². The lowest BCUT2D eigenvalue weighted by Crippen LogP contribution is -2.35. The first-order valence-corrected chi connectivity index (χ1v) is 5.52. The Balaban J connectivity index is 0.00000256. The van der Waals surface area contributed by atoms with Gasteiger partial charge < -0.3 is 10.6 Å². The fourth-order valence-corrected chi connectivity index (χ4v) is 1.49. The molecule has 0 aliphatic carbocycles.